The van der Waals surface area contributed by atoms with Crippen molar-refractivity contribution in [3.63, 3.8) is 0 Å². The smallest absolute Gasteiger partial charge is 0.390 e. The van der Waals surface area contributed by atoms with Crippen LogP contribution in [0.2, 0.25) is 5.02 Å². The van der Waals surface area contributed by atoms with Gasteiger partial charge in [-0.15, -0.1) is 0 Å². The van der Waals surface area contributed by atoms with E-state index >= 15 is 0 Å². The lowest BCUT2D eigenvalue weighted by atomic mass is 10.2. The molecule has 0 saturated carbocycles. The monoisotopic (exact) mass is 357 g/mol. The van der Waals surface area contributed by atoms with Crippen molar-refractivity contribution >= 4 is 17.3 Å². The van der Waals surface area contributed by atoms with Crippen LogP contribution in [0.5, 0.6) is 0 Å². The number of rotatable bonds is 4. The molecule has 3 atom stereocenters. The molecular formula is C13H16ClF4N3O2. The van der Waals surface area contributed by atoms with Crippen LogP contribution in [0.3, 0.4) is 0 Å². The molecule has 0 spiro atoms. The number of β-amino-alcohol motifs (C(OH)–C–C–N with tert-alkyl or cyclic N) is 1. The van der Waals surface area contributed by atoms with Gasteiger partial charge >= 0.3 is 6.18 Å². The van der Waals surface area contributed by atoms with Crippen molar-refractivity contribution in [1.29, 1.82) is 0 Å². The first kappa shape index (κ1) is 18.2. The second-order valence-electron chi connectivity index (χ2n) is 5.26. The van der Waals surface area contributed by atoms with E-state index in [9.17, 15) is 27.8 Å². The highest BCUT2D eigenvalue weighted by Gasteiger charge is 2.44. The van der Waals surface area contributed by atoms with Crippen molar-refractivity contribution < 1.29 is 27.8 Å². The molecule has 5 nitrogen and oxygen atoms in total. The van der Waals surface area contributed by atoms with Gasteiger partial charge in [-0.05, 0) is 19.1 Å². The third kappa shape index (κ3) is 4.04. The predicted molar refractivity (Wildman–Crippen MR) is 76.1 cm³/mol. The summed E-state index contributed by atoms with van der Waals surface area (Å²) in [4.78, 5) is 1.20. The number of hydrogen-bond donors (Lipinski definition) is 3. The standard InChI is InChI=1S/C13H16ClF4N3O2/c1-7(22)12-20(5-11(23)13(16,17)18)6-19-21(12)10-4-8(15)2-3-9(10)14/h2-4,7,11-12,19,22-23H,5-6H2,1H3/t7?,11-,12?/m0/s1. The van der Waals surface area contributed by atoms with E-state index in [1.165, 1.54) is 22.9 Å². The van der Waals surface area contributed by atoms with Gasteiger partial charge in [0, 0.05) is 12.6 Å². The van der Waals surface area contributed by atoms with Gasteiger partial charge in [0.05, 0.1) is 23.5 Å². The van der Waals surface area contributed by atoms with Crippen molar-refractivity contribution in [2.24, 2.45) is 0 Å². The fourth-order valence-electron chi connectivity index (χ4n) is 2.43. The van der Waals surface area contributed by atoms with Crippen molar-refractivity contribution in [2.45, 2.75) is 31.5 Å². The second-order valence-corrected chi connectivity index (χ2v) is 5.67. The lowest BCUT2D eigenvalue weighted by molar-refractivity contribution is -0.209. The zero-order valence-electron chi connectivity index (χ0n) is 12.1. The lowest BCUT2D eigenvalue weighted by Crippen LogP contribution is -2.51. The Kier molecular flexibility index (Phi) is 5.37. The number of anilines is 1. The molecular weight excluding hydrogens is 342 g/mol. The first-order valence-corrected chi connectivity index (χ1v) is 7.13. The maximum absolute atomic E-state index is 13.4. The van der Waals surface area contributed by atoms with E-state index in [0.717, 1.165) is 12.1 Å². The van der Waals surface area contributed by atoms with Gasteiger partial charge < -0.3 is 10.2 Å². The third-order valence-corrected chi connectivity index (χ3v) is 3.79. The average molecular weight is 358 g/mol. The van der Waals surface area contributed by atoms with Crippen molar-refractivity contribution in [2.75, 3.05) is 18.2 Å². The number of nitrogens with zero attached hydrogens (tertiary/aromatic N) is 2. The molecule has 1 aromatic carbocycles. The zero-order valence-corrected chi connectivity index (χ0v) is 12.8. The summed E-state index contributed by atoms with van der Waals surface area (Å²) in [5.74, 6) is -0.579. The third-order valence-electron chi connectivity index (χ3n) is 3.47. The van der Waals surface area contributed by atoms with Gasteiger partial charge in [0.2, 0.25) is 0 Å². The molecule has 0 bridgehead atoms. The van der Waals surface area contributed by atoms with Crippen LogP contribution in [-0.4, -0.2) is 52.9 Å². The van der Waals surface area contributed by atoms with Crippen LogP contribution in [0.25, 0.3) is 0 Å². The molecule has 1 aliphatic heterocycles. The quantitative estimate of drug-likeness (QED) is 0.716. The van der Waals surface area contributed by atoms with E-state index in [1.54, 1.807) is 0 Å². The summed E-state index contributed by atoms with van der Waals surface area (Å²) < 4.78 is 51.0. The minimum Gasteiger partial charge on any atom is -0.390 e. The molecule has 0 aliphatic carbocycles. The molecule has 3 N–H and O–H groups in total. The Hall–Kier alpha value is -1.13. The Morgan fingerprint density at radius 3 is 2.61 bits per heavy atom. The van der Waals surface area contributed by atoms with Crippen LogP contribution in [0, 0.1) is 5.82 Å². The Morgan fingerprint density at radius 1 is 1.39 bits per heavy atom. The summed E-state index contributed by atoms with van der Waals surface area (Å²) in [6, 6.07) is 3.55. The Balaban J connectivity index is 2.25. The van der Waals surface area contributed by atoms with E-state index in [2.05, 4.69) is 5.43 Å². The van der Waals surface area contributed by atoms with E-state index in [-0.39, 0.29) is 17.4 Å². The van der Waals surface area contributed by atoms with Crippen LogP contribution in [0.4, 0.5) is 23.2 Å². The Labute approximate surface area is 135 Å². The number of aliphatic hydroxyl groups excluding tert-OH is 2. The van der Waals surface area contributed by atoms with E-state index in [0.29, 0.717) is 0 Å². The van der Waals surface area contributed by atoms with Gasteiger partial charge in [0.15, 0.2) is 6.10 Å². The minimum absolute atomic E-state index is 0.0739. The normalized spacial score (nSPS) is 22.4. The van der Waals surface area contributed by atoms with Gasteiger partial charge in [0.25, 0.3) is 0 Å². The van der Waals surface area contributed by atoms with E-state index < -0.39 is 36.9 Å². The summed E-state index contributed by atoms with van der Waals surface area (Å²) in [6.07, 6.45) is -9.38. The summed E-state index contributed by atoms with van der Waals surface area (Å²) in [5, 5.41) is 20.6. The Bertz CT molecular complexity index is 559. The van der Waals surface area contributed by atoms with Gasteiger partial charge in [-0.3, -0.25) is 9.91 Å². The molecule has 1 aromatic rings. The highest BCUT2D eigenvalue weighted by molar-refractivity contribution is 6.33. The molecule has 1 aliphatic rings. The molecule has 1 heterocycles. The summed E-state index contributed by atoms with van der Waals surface area (Å²) in [6.45, 7) is 0.565. The number of benzene rings is 1. The number of alkyl halides is 3. The summed E-state index contributed by atoms with van der Waals surface area (Å²) in [7, 11) is 0. The molecule has 1 fully saturated rings. The van der Waals surface area contributed by atoms with Crippen LogP contribution in [0.15, 0.2) is 18.2 Å². The molecule has 0 amide bonds. The number of halogens is 5. The summed E-state index contributed by atoms with van der Waals surface area (Å²) >= 11 is 5.99. The zero-order chi connectivity index (χ0) is 17.4. The number of hydrazine groups is 1. The molecule has 23 heavy (non-hydrogen) atoms. The van der Waals surface area contributed by atoms with E-state index in [1.807, 2.05) is 0 Å². The molecule has 2 rings (SSSR count). The van der Waals surface area contributed by atoms with Crippen LogP contribution in [-0.2, 0) is 0 Å². The molecule has 2 unspecified atom stereocenters. The average Bonchev–Trinajstić information content (AvgIpc) is 2.84. The highest BCUT2D eigenvalue weighted by Crippen LogP contribution is 2.31. The van der Waals surface area contributed by atoms with Gasteiger partial charge in [-0.25, -0.2) is 9.82 Å². The minimum atomic E-state index is -4.77. The molecule has 0 radical (unpaired) electrons. The van der Waals surface area contributed by atoms with Crippen molar-refractivity contribution in [3.05, 3.63) is 29.0 Å². The molecule has 10 heteroatoms. The van der Waals surface area contributed by atoms with Gasteiger partial charge in [-0.1, -0.05) is 11.6 Å². The van der Waals surface area contributed by atoms with E-state index in [4.69, 9.17) is 11.6 Å². The van der Waals surface area contributed by atoms with Crippen LogP contribution >= 0.6 is 11.6 Å². The molecule has 130 valence electrons. The topological polar surface area (TPSA) is 59.0 Å². The van der Waals surface area contributed by atoms with Crippen LogP contribution < -0.4 is 10.4 Å². The first-order chi connectivity index (χ1) is 10.6. The summed E-state index contributed by atoms with van der Waals surface area (Å²) in [5.41, 5.74) is 2.93. The second kappa shape index (κ2) is 6.78. The Morgan fingerprint density at radius 2 is 2.04 bits per heavy atom. The van der Waals surface area contributed by atoms with Gasteiger partial charge in [0.1, 0.15) is 12.0 Å². The SMILES string of the molecule is CC(O)C1N(C[C@H](O)C(F)(F)F)CNN1c1cc(F)ccc1Cl. The van der Waals surface area contributed by atoms with Crippen molar-refractivity contribution in [3.8, 4) is 0 Å². The number of hydrogen-bond acceptors (Lipinski definition) is 5. The number of aliphatic hydroxyl groups is 2. The maximum Gasteiger partial charge on any atom is 0.415 e. The highest BCUT2D eigenvalue weighted by atomic mass is 35.5. The van der Waals surface area contributed by atoms with Gasteiger partial charge in [-0.2, -0.15) is 13.2 Å². The molecule has 0 aromatic heterocycles. The predicted octanol–water partition coefficient (Wildman–Crippen LogP) is 1.69. The van der Waals surface area contributed by atoms with Crippen molar-refractivity contribution in [1.82, 2.24) is 10.3 Å². The first-order valence-electron chi connectivity index (χ1n) is 6.76. The lowest BCUT2D eigenvalue weighted by Gasteiger charge is -2.33. The largest absolute Gasteiger partial charge is 0.415 e. The molecule has 1 saturated heterocycles. The van der Waals surface area contributed by atoms with Crippen LogP contribution in [0.1, 0.15) is 6.92 Å². The fourth-order valence-corrected chi connectivity index (χ4v) is 2.64. The maximum atomic E-state index is 13.4. The fraction of sp³-hybridized carbons (Fsp3) is 0.538. The number of nitrogens with one attached hydrogen (secondary N) is 1.